The topological polar surface area (TPSA) is 72.0 Å². The number of hydrogen-bond acceptors (Lipinski definition) is 6. The molecule has 1 fully saturated rings. The van der Waals surface area contributed by atoms with E-state index in [2.05, 4.69) is 58.7 Å². The number of aryl methyl sites for hydroxylation is 3. The molecule has 2 heterocycles. The molecule has 2 aromatic rings. The number of benzene rings is 1. The van der Waals surface area contributed by atoms with Gasteiger partial charge in [-0.15, -0.1) is 5.10 Å². The van der Waals surface area contributed by atoms with Crippen LogP contribution in [0.25, 0.3) is 0 Å². The summed E-state index contributed by atoms with van der Waals surface area (Å²) in [5.74, 6) is 1.21. The van der Waals surface area contributed by atoms with E-state index in [9.17, 15) is 0 Å². The van der Waals surface area contributed by atoms with Gasteiger partial charge in [0, 0.05) is 18.8 Å². The fraction of sp³-hybridized carbons (Fsp3) is 0.471. The summed E-state index contributed by atoms with van der Waals surface area (Å²) in [5, 5.41) is 14.7. The predicted octanol–water partition coefficient (Wildman–Crippen LogP) is 3.13. The summed E-state index contributed by atoms with van der Waals surface area (Å²) < 4.78 is 5.60. The number of nitrogens with zero attached hydrogens (tertiary/aromatic N) is 3. The monoisotopic (exact) mass is 313 g/mol. The van der Waals surface area contributed by atoms with Crippen LogP contribution in [0, 0.1) is 20.8 Å². The molecule has 0 saturated carbocycles. The highest BCUT2D eigenvalue weighted by molar-refractivity contribution is 5.64. The highest BCUT2D eigenvalue weighted by atomic mass is 16.5. The Labute approximate surface area is 136 Å². The zero-order valence-electron chi connectivity index (χ0n) is 13.9. The summed E-state index contributed by atoms with van der Waals surface area (Å²) >= 11 is 0. The molecule has 122 valence electrons. The molecule has 0 spiro atoms. The number of aromatic nitrogens is 3. The molecule has 3 rings (SSSR count). The molecule has 0 aliphatic carbocycles. The Kier molecular flexibility index (Phi) is 4.71. The maximum atomic E-state index is 5.60. The highest BCUT2D eigenvalue weighted by Crippen LogP contribution is 2.24. The van der Waals surface area contributed by atoms with Crippen molar-refractivity contribution >= 4 is 17.5 Å². The molecule has 1 aliphatic heterocycles. The van der Waals surface area contributed by atoms with E-state index in [1.54, 1.807) is 6.20 Å². The number of rotatable bonds is 5. The zero-order chi connectivity index (χ0) is 16.2. The average Bonchev–Trinajstić information content (AvgIpc) is 3.03. The molecule has 0 bridgehead atoms. The number of nitrogens with one attached hydrogen (secondary N) is 2. The second-order valence-corrected chi connectivity index (χ2v) is 6.08. The first-order valence-corrected chi connectivity index (χ1v) is 8.02. The van der Waals surface area contributed by atoms with E-state index in [0.29, 0.717) is 11.8 Å². The Morgan fingerprint density at radius 2 is 2.00 bits per heavy atom. The van der Waals surface area contributed by atoms with Crippen LogP contribution in [0.1, 0.15) is 29.5 Å². The minimum atomic E-state index is 0.267. The number of anilines is 3. The minimum absolute atomic E-state index is 0.267. The van der Waals surface area contributed by atoms with Gasteiger partial charge < -0.3 is 15.4 Å². The van der Waals surface area contributed by atoms with E-state index in [0.717, 1.165) is 31.7 Å². The van der Waals surface area contributed by atoms with E-state index in [1.165, 1.54) is 16.7 Å². The van der Waals surface area contributed by atoms with Crippen molar-refractivity contribution in [3.63, 3.8) is 0 Å². The Hall–Kier alpha value is -2.21. The molecule has 2 N–H and O–H groups in total. The maximum Gasteiger partial charge on any atom is 0.249 e. The smallest absolute Gasteiger partial charge is 0.249 e. The average molecular weight is 313 g/mol. The van der Waals surface area contributed by atoms with E-state index in [-0.39, 0.29) is 6.10 Å². The van der Waals surface area contributed by atoms with Gasteiger partial charge in [0.25, 0.3) is 0 Å². The normalized spacial score (nSPS) is 17.3. The molecule has 6 nitrogen and oxygen atoms in total. The minimum Gasteiger partial charge on any atom is -0.376 e. The van der Waals surface area contributed by atoms with Crippen LogP contribution in [-0.2, 0) is 4.74 Å². The van der Waals surface area contributed by atoms with Gasteiger partial charge in [-0.25, -0.2) is 0 Å². The Balaban J connectivity index is 1.70. The molecule has 1 aromatic heterocycles. The Morgan fingerprint density at radius 3 is 2.70 bits per heavy atom. The van der Waals surface area contributed by atoms with Gasteiger partial charge in [0.05, 0.1) is 12.3 Å². The molecular weight excluding hydrogens is 290 g/mol. The fourth-order valence-electron chi connectivity index (χ4n) is 2.95. The van der Waals surface area contributed by atoms with Gasteiger partial charge in [0.1, 0.15) is 0 Å². The molecule has 23 heavy (non-hydrogen) atoms. The van der Waals surface area contributed by atoms with Crippen molar-refractivity contribution in [3.8, 4) is 0 Å². The summed E-state index contributed by atoms with van der Waals surface area (Å²) in [6.45, 7) is 7.86. The Bertz CT molecular complexity index is 659. The first kappa shape index (κ1) is 15.7. The van der Waals surface area contributed by atoms with Crippen LogP contribution in [0.15, 0.2) is 18.3 Å². The molecule has 0 radical (unpaired) electrons. The lowest BCUT2D eigenvalue weighted by atomic mass is 10.1. The molecule has 1 aliphatic rings. The summed E-state index contributed by atoms with van der Waals surface area (Å²) in [7, 11) is 0. The van der Waals surface area contributed by atoms with Crippen molar-refractivity contribution in [1.29, 1.82) is 0 Å². The fourth-order valence-corrected chi connectivity index (χ4v) is 2.95. The van der Waals surface area contributed by atoms with Crippen molar-refractivity contribution in [2.75, 3.05) is 23.8 Å². The second kappa shape index (κ2) is 6.91. The molecule has 1 atom stereocenters. The predicted molar refractivity (Wildman–Crippen MR) is 91.2 cm³/mol. The first-order chi connectivity index (χ1) is 11.1. The van der Waals surface area contributed by atoms with Crippen LogP contribution in [0.4, 0.5) is 17.5 Å². The highest BCUT2D eigenvalue weighted by Gasteiger charge is 2.15. The van der Waals surface area contributed by atoms with Crippen LogP contribution in [0.3, 0.4) is 0 Å². The van der Waals surface area contributed by atoms with Crippen molar-refractivity contribution in [3.05, 3.63) is 35.0 Å². The first-order valence-electron chi connectivity index (χ1n) is 8.02. The van der Waals surface area contributed by atoms with Crippen LogP contribution >= 0.6 is 0 Å². The van der Waals surface area contributed by atoms with Crippen molar-refractivity contribution < 1.29 is 4.74 Å². The van der Waals surface area contributed by atoms with Gasteiger partial charge in [-0.05, 0) is 44.7 Å². The number of hydrogen-bond donors (Lipinski definition) is 2. The van der Waals surface area contributed by atoms with Crippen LogP contribution in [-0.4, -0.2) is 34.4 Å². The SMILES string of the molecule is Cc1cc(C)c(Nc2nncc(NCC3CCCO3)n2)c(C)c1. The van der Waals surface area contributed by atoms with Crippen LogP contribution in [0.5, 0.6) is 0 Å². The van der Waals surface area contributed by atoms with Crippen molar-refractivity contribution in [2.24, 2.45) is 0 Å². The third kappa shape index (κ3) is 3.96. The van der Waals surface area contributed by atoms with E-state index < -0.39 is 0 Å². The molecule has 0 amide bonds. The summed E-state index contributed by atoms with van der Waals surface area (Å²) in [6, 6.07) is 4.28. The van der Waals surface area contributed by atoms with Gasteiger partial charge in [-0.1, -0.05) is 17.7 Å². The third-order valence-electron chi connectivity index (χ3n) is 4.01. The van der Waals surface area contributed by atoms with Gasteiger partial charge in [0.15, 0.2) is 5.82 Å². The van der Waals surface area contributed by atoms with Crippen molar-refractivity contribution in [1.82, 2.24) is 15.2 Å². The molecule has 1 aromatic carbocycles. The lowest BCUT2D eigenvalue weighted by molar-refractivity contribution is 0.120. The zero-order valence-corrected chi connectivity index (χ0v) is 13.9. The maximum absolute atomic E-state index is 5.60. The van der Waals surface area contributed by atoms with E-state index in [4.69, 9.17) is 4.74 Å². The van der Waals surface area contributed by atoms with E-state index >= 15 is 0 Å². The van der Waals surface area contributed by atoms with Gasteiger partial charge in [-0.3, -0.25) is 0 Å². The van der Waals surface area contributed by atoms with Gasteiger partial charge in [0.2, 0.25) is 5.95 Å². The Morgan fingerprint density at radius 1 is 1.22 bits per heavy atom. The van der Waals surface area contributed by atoms with Crippen LogP contribution < -0.4 is 10.6 Å². The number of ether oxygens (including phenoxy) is 1. The second-order valence-electron chi connectivity index (χ2n) is 6.08. The standard InChI is InChI=1S/C17H23N5O/c1-11-7-12(2)16(13(3)8-11)21-17-20-15(10-19-22-17)18-9-14-5-4-6-23-14/h7-8,10,14H,4-6,9H2,1-3H3,(H2,18,20,21,22). The van der Waals surface area contributed by atoms with E-state index in [1.807, 2.05) is 0 Å². The summed E-state index contributed by atoms with van der Waals surface area (Å²) in [5.41, 5.74) is 4.62. The molecule has 6 heteroatoms. The van der Waals surface area contributed by atoms with Crippen molar-refractivity contribution in [2.45, 2.75) is 39.7 Å². The van der Waals surface area contributed by atoms with Gasteiger partial charge >= 0.3 is 0 Å². The largest absolute Gasteiger partial charge is 0.376 e. The lowest BCUT2D eigenvalue weighted by Gasteiger charge is -2.14. The molecular formula is C17H23N5O. The van der Waals surface area contributed by atoms with Crippen LogP contribution in [0.2, 0.25) is 0 Å². The third-order valence-corrected chi connectivity index (χ3v) is 4.01. The quantitative estimate of drug-likeness (QED) is 0.883. The molecule has 1 unspecified atom stereocenters. The summed E-state index contributed by atoms with van der Waals surface area (Å²) in [4.78, 5) is 4.48. The molecule has 1 saturated heterocycles. The lowest BCUT2D eigenvalue weighted by Crippen LogP contribution is -2.19. The van der Waals surface area contributed by atoms with Gasteiger partial charge in [-0.2, -0.15) is 10.1 Å². The summed E-state index contributed by atoms with van der Waals surface area (Å²) in [6.07, 6.45) is 4.13.